The van der Waals surface area contributed by atoms with Gasteiger partial charge in [-0.2, -0.15) is 18.3 Å². The monoisotopic (exact) mass is 587 g/mol. The van der Waals surface area contributed by atoms with Gasteiger partial charge in [0.15, 0.2) is 5.65 Å². The van der Waals surface area contributed by atoms with Crippen LogP contribution in [0, 0.1) is 0 Å². The number of carboxylic acids is 2. The number of halogens is 3. The van der Waals surface area contributed by atoms with Crippen LogP contribution in [-0.4, -0.2) is 55.0 Å². The Balaban J connectivity index is 0.000000540. The number of hydrogen-bond donors (Lipinski definition) is 5. The SMILES string of the molecule is CC(=O)O.CC(=O)O.Nc1ncnc2c1c(-c1ccc(NCc3cccc(C(F)(F)F)c3)cc1)nn2C1CCNCC1. The van der Waals surface area contributed by atoms with Crippen molar-refractivity contribution in [3.8, 4) is 11.3 Å². The Kier molecular flexibility index (Phi) is 10.8. The molecular formula is C28H32F3N7O4. The van der Waals surface area contributed by atoms with Crippen LogP contribution in [0.4, 0.5) is 24.7 Å². The van der Waals surface area contributed by atoms with Crippen molar-refractivity contribution in [2.75, 3.05) is 24.1 Å². The van der Waals surface area contributed by atoms with Crippen LogP contribution in [0.25, 0.3) is 22.3 Å². The molecule has 0 unspecified atom stereocenters. The first-order valence-corrected chi connectivity index (χ1v) is 13.0. The predicted molar refractivity (Wildman–Crippen MR) is 152 cm³/mol. The second-order valence-electron chi connectivity index (χ2n) is 9.40. The highest BCUT2D eigenvalue weighted by molar-refractivity contribution is 5.98. The van der Waals surface area contributed by atoms with Crippen molar-refractivity contribution in [3.63, 3.8) is 0 Å². The Morgan fingerprint density at radius 2 is 1.67 bits per heavy atom. The molecule has 11 nitrogen and oxygen atoms in total. The fourth-order valence-electron chi connectivity index (χ4n) is 4.31. The van der Waals surface area contributed by atoms with Crippen LogP contribution in [0.2, 0.25) is 0 Å². The molecule has 42 heavy (non-hydrogen) atoms. The highest BCUT2D eigenvalue weighted by Crippen LogP contribution is 2.34. The highest BCUT2D eigenvalue weighted by atomic mass is 19.4. The quantitative estimate of drug-likeness (QED) is 0.218. The van der Waals surface area contributed by atoms with E-state index in [9.17, 15) is 13.2 Å². The Bertz CT molecular complexity index is 1480. The number of carbonyl (C=O) groups is 2. The van der Waals surface area contributed by atoms with E-state index in [-0.39, 0.29) is 12.6 Å². The second-order valence-corrected chi connectivity index (χ2v) is 9.40. The second kappa shape index (κ2) is 14.3. The minimum absolute atomic E-state index is 0.236. The number of nitrogens with one attached hydrogen (secondary N) is 2. The van der Waals surface area contributed by atoms with E-state index in [4.69, 9.17) is 30.6 Å². The van der Waals surface area contributed by atoms with Gasteiger partial charge in [0.2, 0.25) is 0 Å². The molecule has 1 saturated heterocycles. The van der Waals surface area contributed by atoms with Crippen LogP contribution in [0.1, 0.15) is 43.9 Å². The first-order valence-electron chi connectivity index (χ1n) is 13.0. The van der Waals surface area contributed by atoms with Crippen LogP contribution in [0.3, 0.4) is 0 Å². The number of nitrogens with two attached hydrogens (primary N) is 1. The molecule has 0 bridgehead atoms. The van der Waals surface area contributed by atoms with Crippen LogP contribution >= 0.6 is 0 Å². The third kappa shape index (κ3) is 8.89. The van der Waals surface area contributed by atoms with Crippen molar-refractivity contribution < 1.29 is 33.0 Å². The first kappa shape index (κ1) is 31.8. The van der Waals surface area contributed by atoms with Gasteiger partial charge in [0.1, 0.15) is 17.8 Å². The van der Waals surface area contributed by atoms with E-state index >= 15 is 0 Å². The van der Waals surface area contributed by atoms with Crippen LogP contribution in [0.15, 0.2) is 54.9 Å². The van der Waals surface area contributed by atoms with Crippen LogP contribution in [-0.2, 0) is 22.3 Å². The number of alkyl halides is 3. The van der Waals surface area contributed by atoms with E-state index in [1.165, 1.54) is 12.4 Å². The van der Waals surface area contributed by atoms with Gasteiger partial charge in [-0.25, -0.2) is 14.6 Å². The highest BCUT2D eigenvalue weighted by Gasteiger charge is 2.30. The minimum Gasteiger partial charge on any atom is -0.481 e. The maximum atomic E-state index is 12.9. The molecule has 4 aromatic rings. The lowest BCUT2D eigenvalue weighted by Gasteiger charge is -2.23. The average molecular weight is 588 g/mol. The largest absolute Gasteiger partial charge is 0.481 e. The normalized spacial score (nSPS) is 13.4. The minimum atomic E-state index is -4.36. The van der Waals surface area contributed by atoms with E-state index in [1.54, 1.807) is 6.07 Å². The van der Waals surface area contributed by atoms with Gasteiger partial charge in [-0.1, -0.05) is 24.3 Å². The number of nitrogen functional groups attached to an aromatic ring is 1. The number of nitrogens with zero attached hydrogens (tertiary/aromatic N) is 4. The number of hydrogen-bond acceptors (Lipinski definition) is 8. The van der Waals surface area contributed by atoms with Gasteiger partial charge in [-0.15, -0.1) is 0 Å². The van der Waals surface area contributed by atoms with Crippen molar-refractivity contribution in [3.05, 3.63) is 66.0 Å². The Hall–Kier alpha value is -4.72. The summed E-state index contributed by atoms with van der Waals surface area (Å²) < 4.78 is 40.8. The molecule has 1 fully saturated rings. The van der Waals surface area contributed by atoms with E-state index in [1.807, 2.05) is 28.9 Å². The number of anilines is 2. The molecule has 1 aliphatic rings. The van der Waals surface area contributed by atoms with Gasteiger partial charge in [0, 0.05) is 31.6 Å². The van der Waals surface area contributed by atoms with Crippen LogP contribution in [0.5, 0.6) is 0 Å². The fraction of sp³-hybridized carbons (Fsp3) is 0.321. The van der Waals surface area contributed by atoms with E-state index < -0.39 is 23.7 Å². The summed E-state index contributed by atoms with van der Waals surface area (Å²) in [7, 11) is 0. The summed E-state index contributed by atoms with van der Waals surface area (Å²) in [5, 5.41) is 27.0. The van der Waals surface area contributed by atoms with Crippen molar-refractivity contribution in [1.82, 2.24) is 25.1 Å². The van der Waals surface area contributed by atoms with Crippen molar-refractivity contribution in [1.29, 1.82) is 0 Å². The number of benzene rings is 2. The third-order valence-corrected chi connectivity index (χ3v) is 6.08. The Morgan fingerprint density at radius 3 is 2.26 bits per heavy atom. The molecular weight excluding hydrogens is 555 g/mol. The summed E-state index contributed by atoms with van der Waals surface area (Å²) in [6.07, 6.45) is -0.984. The zero-order valence-corrected chi connectivity index (χ0v) is 23.0. The molecule has 0 radical (unpaired) electrons. The fourth-order valence-corrected chi connectivity index (χ4v) is 4.31. The molecule has 224 valence electrons. The lowest BCUT2D eigenvalue weighted by atomic mass is 10.1. The van der Waals surface area contributed by atoms with Crippen LogP contribution < -0.4 is 16.4 Å². The summed E-state index contributed by atoms with van der Waals surface area (Å²) in [5.74, 6) is -1.29. The van der Waals surface area contributed by atoms with Crippen molar-refractivity contribution in [2.24, 2.45) is 0 Å². The van der Waals surface area contributed by atoms with Gasteiger partial charge < -0.3 is 26.6 Å². The molecule has 5 rings (SSSR count). The zero-order valence-electron chi connectivity index (χ0n) is 23.0. The number of piperidine rings is 1. The molecule has 0 aliphatic carbocycles. The number of aliphatic carboxylic acids is 2. The molecule has 1 aliphatic heterocycles. The molecule has 0 saturated carbocycles. The van der Waals surface area contributed by atoms with Gasteiger partial charge in [-0.05, 0) is 55.8 Å². The topological polar surface area (TPSA) is 168 Å². The molecule has 2 aromatic heterocycles. The zero-order chi connectivity index (χ0) is 30.9. The molecule has 14 heteroatoms. The molecule has 3 heterocycles. The van der Waals surface area contributed by atoms with Crippen molar-refractivity contribution in [2.45, 2.75) is 45.5 Å². The lowest BCUT2D eigenvalue weighted by Crippen LogP contribution is -2.30. The maximum absolute atomic E-state index is 12.9. The Labute approximate surface area is 239 Å². The van der Waals surface area contributed by atoms with Gasteiger partial charge in [0.05, 0.1) is 17.0 Å². The predicted octanol–water partition coefficient (Wildman–Crippen LogP) is 4.81. The summed E-state index contributed by atoms with van der Waals surface area (Å²) in [4.78, 5) is 26.6. The third-order valence-electron chi connectivity index (χ3n) is 6.08. The van der Waals surface area contributed by atoms with Gasteiger partial charge >= 0.3 is 6.18 Å². The van der Waals surface area contributed by atoms with Gasteiger partial charge in [-0.3, -0.25) is 9.59 Å². The molecule has 0 spiro atoms. The van der Waals surface area contributed by atoms with Crippen molar-refractivity contribution >= 4 is 34.5 Å². The summed E-state index contributed by atoms with van der Waals surface area (Å²) >= 11 is 0. The Morgan fingerprint density at radius 1 is 1.05 bits per heavy atom. The van der Waals surface area contributed by atoms with E-state index in [0.29, 0.717) is 11.4 Å². The number of carboxylic acid groups (broad SMARTS) is 2. The first-order chi connectivity index (χ1) is 19.9. The molecule has 2 aromatic carbocycles. The lowest BCUT2D eigenvalue weighted by molar-refractivity contribution is -0.138. The van der Waals surface area contributed by atoms with E-state index in [0.717, 1.165) is 79.9 Å². The summed E-state index contributed by atoms with van der Waals surface area (Å²) in [5.41, 5.74) is 9.20. The summed E-state index contributed by atoms with van der Waals surface area (Å²) in [6, 6.07) is 13.1. The summed E-state index contributed by atoms with van der Waals surface area (Å²) in [6.45, 7) is 4.29. The number of fused-ring (bicyclic) bond motifs is 1. The van der Waals surface area contributed by atoms with E-state index in [2.05, 4.69) is 20.6 Å². The molecule has 0 atom stereocenters. The number of aromatic nitrogens is 4. The number of rotatable bonds is 5. The smallest absolute Gasteiger partial charge is 0.416 e. The molecule has 0 amide bonds. The van der Waals surface area contributed by atoms with Gasteiger partial charge in [0.25, 0.3) is 11.9 Å². The average Bonchev–Trinajstić information content (AvgIpc) is 3.33. The maximum Gasteiger partial charge on any atom is 0.416 e. The standard InChI is InChI=1S/C24H24F3N7.2C2H4O2/c25-24(26,27)17-3-1-2-15(12-17)13-30-18-6-4-16(5-7-18)21-20-22(28)31-14-32-23(20)34(33-21)19-8-10-29-11-9-19;2*1-2(3)4/h1-7,12,14,19,29-30H,8-11,13H2,(H2,28,31,32);2*1H3,(H,3,4). The molecule has 6 N–H and O–H groups in total.